The van der Waals surface area contributed by atoms with Crippen LogP contribution in [0.1, 0.15) is 28.3 Å². The third-order valence-electron chi connectivity index (χ3n) is 4.43. The fourth-order valence-electron chi connectivity index (χ4n) is 3.19. The number of terminal acetylenes is 1. The monoisotopic (exact) mass is 460 g/mol. The fraction of sp³-hybridized carbons (Fsp3) is 0. The highest BCUT2D eigenvalue weighted by Gasteiger charge is 2.08. The van der Waals surface area contributed by atoms with Crippen molar-refractivity contribution in [2.45, 2.75) is 0 Å². The second kappa shape index (κ2) is 6.25. The van der Waals surface area contributed by atoms with Gasteiger partial charge in [0, 0.05) is 11.0 Å². The van der Waals surface area contributed by atoms with Crippen LogP contribution >= 0.6 is 22.6 Å². The molecule has 2 aliphatic rings. The minimum absolute atomic E-state index is 0.847. The van der Waals surface area contributed by atoms with Crippen LogP contribution in [0.25, 0.3) is 46.4 Å². The van der Waals surface area contributed by atoms with Crippen molar-refractivity contribution in [1.82, 2.24) is 19.9 Å². The molecule has 0 aliphatic carbocycles. The van der Waals surface area contributed by atoms with E-state index in [9.17, 15) is 0 Å². The predicted molar refractivity (Wildman–Crippen MR) is 120 cm³/mol. The van der Waals surface area contributed by atoms with E-state index in [0.29, 0.717) is 0 Å². The van der Waals surface area contributed by atoms with Crippen molar-refractivity contribution < 1.29 is 0 Å². The lowest BCUT2D eigenvalue weighted by atomic mass is 10.2. The summed E-state index contributed by atoms with van der Waals surface area (Å²) >= 11 is 2.29. The molecule has 2 N–H and O–H groups in total. The van der Waals surface area contributed by atoms with Gasteiger partial charge in [-0.15, -0.1) is 6.42 Å². The molecule has 8 bridgehead atoms. The first-order valence-corrected chi connectivity index (χ1v) is 9.49. The predicted octanol–water partition coefficient (Wildman–Crippen LogP) is 5.24. The number of rotatable bonds is 0. The van der Waals surface area contributed by atoms with Crippen molar-refractivity contribution >= 4 is 69.0 Å². The molecule has 0 atom stereocenters. The molecular weight excluding hydrogens is 447 g/mol. The molecule has 4 nitrogen and oxygen atoms in total. The van der Waals surface area contributed by atoms with Gasteiger partial charge in [-0.2, -0.15) is 0 Å². The van der Waals surface area contributed by atoms with Gasteiger partial charge in [-0.1, -0.05) is 5.92 Å². The Labute approximate surface area is 169 Å². The Morgan fingerprint density at radius 1 is 0.741 bits per heavy atom. The number of fused-ring (bicyclic) bond motifs is 8. The van der Waals surface area contributed by atoms with Crippen molar-refractivity contribution in [3.8, 4) is 12.3 Å². The summed E-state index contributed by atoms with van der Waals surface area (Å²) < 4.78 is 1.02. The topological polar surface area (TPSA) is 57.4 Å². The summed E-state index contributed by atoms with van der Waals surface area (Å²) in [6.07, 6.45) is 13.7. The van der Waals surface area contributed by atoms with E-state index in [4.69, 9.17) is 6.42 Å². The molecule has 128 valence electrons. The summed E-state index contributed by atoms with van der Waals surface area (Å²) in [6, 6.07) is 12.1. The molecule has 0 saturated heterocycles. The molecule has 0 spiro atoms. The first kappa shape index (κ1) is 16.1. The minimum atomic E-state index is 0.847. The van der Waals surface area contributed by atoms with Crippen molar-refractivity contribution in [3.63, 3.8) is 0 Å². The van der Waals surface area contributed by atoms with E-state index in [1.54, 1.807) is 0 Å². The second-order valence-corrected chi connectivity index (χ2v) is 7.40. The number of nitrogens with one attached hydrogen (secondary N) is 2. The van der Waals surface area contributed by atoms with Crippen LogP contribution in [-0.2, 0) is 0 Å². The highest BCUT2D eigenvalue weighted by Crippen LogP contribution is 2.24. The lowest BCUT2D eigenvalue weighted by Crippen LogP contribution is -1.78. The van der Waals surface area contributed by atoms with E-state index < -0.39 is 0 Å². The maximum absolute atomic E-state index is 5.77. The van der Waals surface area contributed by atoms with Crippen LogP contribution in [0.3, 0.4) is 0 Å². The highest BCUT2D eigenvalue weighted by atomic mass is 127. The molecule has 3 aromatic rings. The number of hydrogen-bond acceptors (Lipinski definition) is 2. The van der Waals surface area contributed by atoms with Gasteiger partial charge in [0.1, 0.15) is 0 Å². The molecule has 5 heterocycles. The smallest absolute Gasteiger partial charge is 0.0659 e. The van der Waals surface area contributed by atoms with Gasteiger partial charge in [-0.25, -0.2) is 9.97 Å². The third kappa shape index (κ3) is 2.98. The van der Waals surface area contributed by atoms with Crippen molar-refractivity contribution in [2.75, 3.05) is 0 Å². The van der Waals surface area contributed by atoms with Crippen molar-refractivity contribution in [3.05, 3.63) is 68.3 Å². The van der Waals surface area contributed by atoms with Gasteiger partial charge in [0.05, 0.1) is 42.9 Å². The normalized spacial score (nSPS) is 12.3. The summed E-state index contributed by atoms with van der Waals surface area (Å²) in [5.74, 6) is 2.80. The third-order valence-corrected chi connectivity index (χ3v) is 5.55. The molecule has 27 heavy (non-hydrogen) atoms. The first-order valence-electron chi connectivity index (χ1n) is 8.41. The van der Waals surface area contributed by atoms with Crippen molar-refractivity contribution in [1.29, 1.82) is 0 Å². The summed E-state index contributed by atoms with van der Waals surface area (Å²) in [4.78, 5) is 16.1. The lowest BCUT2D eigenvalue weighted by molar-refractivity contribution is 1.28. The van der Waals surface area contributed by atoms with Crippen LogP contribution < -0.4 is 0 Å². The maximum atomic E-state index is 5.77. The highest BCUT2D eigenvalue weighted by molar-refractivity contribution is 14.1. The molecule has 5 rings (SSSR count). The largest absolute Gasteiger partial charge is 0.355 e. The summed E-state index contributed by atoms with van der Waals surface area (Å²) in [7, 11) is 0. The average Bonchev–Trinajstić information content (AvgIpc) is 3.41. The van der Waals surface area contributed by atoms with E-state index >= 15 is 0 Å². The molecule has 3 aromatic heterocycles. The van der Waals surface area contributed by atoms with Gasteiger partial charge in [0.15, 0.2) is 0 Å². The summed E-state index contributed by atoms with van der Waals surface area (Å²) in [5.41, 5.74) is 8.22. The van der Waals surface area contributed by atoms with E-state index in [1.165, 1.54) is 0 Å². The number of aromatic nitrogens is 4. The first-order chi connectivity index (χ1) is 13.2. The van der Waals surface area contributed by atoms with Gasteiger partial charge in [0.2, 0.25) is 0 Å². The van der Waals surface area contributed by atoms with Crippen LogP contribution in [0, 0.1) is 15.9 Å². The maximum Gasteiger partial charge on any atom is 0.0659 e. The number of halogens is 1. The SMILES string of the molecule is C#Cc1c(I)c2cc3ccc(cc4nc(cc5nc(cc1[nH]2)C=C5)C=C4)[nH]3. The molecule has 0 radical (unpaired) electrons. The van der Waals surface area contributed by atoms with Crippen molar-refractivity contribution in [2.24, 2.45) is 0 Å². The molecule has 0 saturated carbocycles. The lowest BCUT2D eigenvalue weighted by Gasteiger charge is -1.87. The molecule has 0 aromatic carbocycles. The Balaban J connectivity index is 1.91. The zero-order chi connectivity index (χ0) is 18.4. The van der Waals surface area contributed by atoms with Gasteiger partial charge < -0.3 is 9.97 Å². The van der Waals surface area contributed by atoms with Crippen LogP contribution in [0.15, 0.2) is 36.4 Å². The van der Waals surface area contributed by atoms with Crippen LogP contribution in [-0.4, -0.2) is 19.9 Å². The average molecular weight is 460 g/mol. The minimum Gasteiger partial charge on any atom is -0.355 e. The van der Waals surface area contributed by atoms with E-state index in [2.05, 4.69) is 54.5 Å². The molecule has 0 amide bonds. The van der Waals surface area contributed by atoms with Gasteiger partial charge in [-0.3, -0.25) is 0 Å². The number of aromatic amines is 2. The number of hydrogen-bond donors (Lipinski definition) is 2. The van der Waals surface area contributed by atoms with E-state index in [1.807, 2.05) is 54.6 Å². The Morgan fingerprint density at radius 2 is 1.33 bits per heavy atom. The molecule has 0 fully saturated rings. The number of H-pyrrole nitrogens is 2. The Morgan fingerprint density at radius 3 is 2.00 bits per heavy atom. The summed E-state index contributed by atoms with van der Waals surface area (Å²) in [5, 5.41) is 0. The second-order valence-electron chi connectivity index (χ2n) is 6.32. The quantitative estimate of drug-likeness (QED) is 0.245. The number of nitrogens with zero attached hydrogens (tertiary/aromatic N) is 2. The molecule has 0 unspecified atom stereocenters. The zero-order valence-electron chi connectivity index (χ0n) is 14.1. The standard InChI is InChI=1S/C22H13IN4/c1-2-19-20-11-17-7-5-15(25-17)9-13-3-4-14(24-13)10-16-6-8-18(26-16)12-21(27-20)22(19)23/h1,3-12,26-27H. The van der Waals surface area contributed by atoms with Gasteiger partial charge in [0.25, 0.3) is 0 Å². The van der Waals surface area contributed by atoms with Crippen LogP contribution in [0.4, 0.5) is 0 Å². The van der Waals surface area contributed by atoms with Gasteiger partial charge in [-0.05, 0) is 83.3 Å². The molecular formula is C22H13IN4. The summed E-state index contributed by atoms with van der Waals surface area (Å²) in [6.45, 7) is 0. The van der Waals surface area contributed by atoms with E-state index in [-0.39, 0.29) is 0 Å². The Bertz CT molecular complexity index is 1350. The Kier molecular flexibility index (Phi) is 3.73. The Hall–Kier alpha value is -3.11. The van der Waals surface area contributed by atoms with E-state index in [0.717, 1.165) is 54.0 Å². The molecule has 2 aliphatic heterocycles. The zero-order valence-corrected chi connectivity index (χ0v) is 16.3. The van der Waals surface area contributed by atoms with Crippen LogP contribution in [0.2, 0.25) is 0 Å². The molecule has 5 heteroatoms. The van der Waals surface area contributed by atoms with Gasteiger partial charge >= 0.3 is 0 Å². The fourth-order valence-corrected chi connectivity index (χ4v) is 3.92. The van der Waals surface area contributed by atoms with Crippen LogP contribution in [0.5, 0.6) is 0 Å².